The first kappa shape index (κ1) is 14.8. The molecule has 1 aliphatic rings. The van der Waals surface area contributed by atoms with Crippen molar-refractivity contribution in [1.82, 2.24) is 0 Å². The van der Waals surface area contributed by atoms with Crippen molar-refractivity contribution in [3.8, 4) is 0 Å². The lowest BCUT2D eigenvalue weighted by atomic mass is 10.0. The van der Waals surface area contributed by atoms with Gasteiger partial charge in [-0.15, -0.1) is 11.8 Å². The number of ether oxygens (including phenoxy) is 1. The summed E-state index contributed by atoms with van der Waals surface area (Å²) < 4.78 is 19.6. The molecule has 19 heavy (non-hydrogen) atoms. The molecular weight excluding hydrogens is 261 g/mol. The molecular formula is C15H22FNOS. The maximum absolute atomic E-state index is 13.9. The quantitative estimate of drug-likeness (QED) is 0.867. The molecule has 2 rings (SSSR count). The molecule has 1 saturated heterocycles. The first-order chi connectivity index (χ1) is 9.22. The molecule has 0 saturated carbocycles. The van der Waals surface area contributed by atoms with E-state index in [9.17, 15) is 4.39 Å². The second-order valence-electron chi connectivity index (χ2n) is 4.98. The lowest BCUT2D eigenvalue weighted by Crippen LogP contribution is -2.27. The molecule has 0 aromatic heterocycles. The largest absolute Gasteiger partial charge is 0.377 e. The highest BCUT2D eigenvalue weighted by Crippen LogP contribution is 2.35. The number of thioether (sulfide) groups is 1. The van der Waals surface area contributed by atoms with E-state index in [0.29, 0.717) is 6.10 Å². The molecule has 2 N–H and O–H groups in total. The molecule has 106 valence electrons. The Balaban J connectivity index is 2.05. The van der Waals surface area contributed by atoms with Gasteiger partial charge in [0.1, 0.15) is 5.82 Å². The van der Waals surface area contributed by atoms with Crippen LogP contribution in [0.5, 0.6) is 0 Å². The van der Waals surface area contributed by atoms with Crippen LogP contribution in [0, 0.1) is 5.82 Å². The fourth-order valence-electron chi connectivity index (χ4n) is 2.35. The van der Waals surface area contributed by atoms with E-state index in [2.05, 4.69) is 0 Å². The van der Waals surface area contributed by atoms with Crippen molar-refractivity contribution in [2.75, 3.05) is 12.4 Å². The van der Waals surface area contributed by atoms with E-state index < -0.39 is 0 Å². The summed E-state index contributed by atoms with van der Waals surface area (Å²) in [5, 5.41) is 0.00963. The Bertz CT molecular complexity index is 395. The first-order valence-electron chi connectivity index (χ1n) is 6.95. The third-order valence-electron chi connectivity index (χ3n) is 3.56. The number of halogens is 1. The van der Waals surface area contributed by atoms with Crippen molar-refractivity contribution in [3.05, 3.63) is 35.6 Å². The highest BCUT2D eigenvalue weighted by Gasteiger charge is 2.24. The molecule has 0 bridgehead atoms. The van der Waals surface area contributed by atoms with Gasteiger partial charge in [-0.05, 0) is 25.3 Å². The van der Waals surface area contributed by atoms with Crippen LogP contribution in [0.15, 0.2) is 24.3 Å². The second-order valence-corrected chi connectivity index (χ2v) is 6.16. The molecule has 1 aliphatic heterocycles. The number of hydrogen-bond acceptors (Lipinski definition) is 3. The van der Waals surface area contributed by atoms with Gasteiger partial charge in [-0.3, -0.25) is 0 Å². The van der Waals surface area contributed by atoms with Crippen LogP contribution in [0.2, 0.25) is 0 Å². The summed E-state index contributed by atoms with van der Waals surface area (Å²) in [6.07, 6.45) is 3.40. The smallest absolute Gasteiger partial charge is 0.127 e. The highest BCUT2D eigenvalue weighted by atomic mass is 32.2. The highest BCUT2D eigenvalue weighted by molar-refractivity contribution is 7.99. The minimum atomic E-state index is -0.156. The van der Waals surface area contributed by atoms with E-state index in [1.165, 1.54) is 6.07 Å². The molecule has 0 spiro atoms. The van der Waals surface area contributed by atoms with E-state index >= 15 is 0 Å². The van der Waals surface area contributed by atoms with Crippen molar-refractivity contribution in [2.24, 2.45) is 5.73 Å². The molecule has 3 unspecified atom stereocenters. The number of hydrogen-bond donors (Lipinski definition) is 1. The minimum Gasteiger partial charge on any atom is -0.377 e. The summed E-state index contributed by atoms with van der Waals surface area (Å²) in [6, 6.07) is 6.93. The van der Waals surface area contributed by atoms with Gasteiger partial charge in [-0.1, -0.05) is 25.1 Å². The number of benzene rings is 1. The zero-order valence-electron chi connectivity index (χ0n) is 11.3. The lowest BCUT2D eigenvalue weighted by Gasteiger charge is -2.24. The predicted octanol–water partition coefficient (Wildman–Crippen LogP) is 3.52. The van der Waals surface area contributed by atoms with Crippen LogP contribution in [0.3, 0.4) is 0 Å². The maximum Gasteiger partial charge on any atom is 0.127 e. The molecule has 1 aromatic rings. The van der Waals surface area contributed by atoms with Crippen LogP contribution in [0.1, 0.15) is 37.0 Å². The van der Waals surface area contributed by atoms with Crippen molar-refractivity contribution < 1.29 is 9.13 Å². The van der Waals surface area contributed by atoms with Crippen molar-refractivity contribution in [2.45, 2.75) is 43.6 Å². The van der Waals surface area contributed by atoms with Gasteiger partial charge in [0.15, 0.2) is 0 Å². The zero-order valence-corrected chi connectivity index (χ0v) is 12.2. The Morgan fingerprint density at radius 2 is 2.26 bits per heavy atom. The zero-order chi connectivity index (χ0) is 13.7. The first-order valence-corrected chi connectivity index (χ1v) is 8.00. The van der Waals surface area contributed by atoms with Gasteiger partial charge in [-0.2, -0.15) is 0 Å². The third-order valence-corrected chi connectivity index (χ3v) is 5.08. The Morgan fingerprint density at radius 1 is 1.47 bits per heavy atom. The van der Waals surface area contributed by atoms with Gasteiger partial charge in [0.25, 0.3) is 0 Å². The Labute approximate surface area is 118 Å². The Hall–Kier alpha value is -0.580. The fraction of sp³-hybridized carbons (Fsp3) is 0.600. The molecule has 3 atom stereocenters. The minimum absolute atomic E-state index is 0.00963. The lowest BCUT2D eigenvalue weighted by molar-refractivity contribution is 0.128. The monoisotopic (exact) mass is 283 g/mol. The third kappa shape index (κ3) is 3.94. The van der Waals surface area contributed by atoms with Gasteiger partial charge >= 0.3 is 0 Å². The topological polar surface area (TPSA) is 35.2 Å². The average molecular weight is 283 g/mol. The number of nitrogens with two attached hydrogens (primary N) is 1. The van der Waals surface area contributed by atoms with Crippen molar-refractivity contribution >= 4 is 11.8 Å². The van der Waals surface area contributed by atoms with Crippen LogP contribution in [0.4, 0.5) is 4.39 Å². The van der Waals surface area contributed by atoms with E-state index in [4.69, 9.17) is 10.5 Å². The standard InChI is InChI=1S/C15H22FNOS/c1-2-14(17)15(12-7-3-4-8-13(12)16)19-10-11-6-5-9-18-11/h3-4,7-8,11,14-15H,2,5-6,9-10,17H2,1H3. The molecule has 2 nitrogen and oxygen atoms in total. The van der Waals surface area contributed by atoms with Gasteiger partial charge < -0.3 is 10.5 Å². The summed E-state index contributed by atoms with van der Waals surface area (Å²) in [5.74, 6) is 0.739. The van der Waals surface area contributed by atoms with Crippen molar-refractivity contribution in [3.63, 3.8) is 0 Å². The van der Waals surface area contributed by atoms with Crippen LogP contribution in [0.25, 0.3) is 0 Å². The summed E-state index contributed by atoms with van der Waals surface area (Å²) in [5.41, 5.74) is 6.90. The van der Waals surface area contributed by atoms with Gasteiger partial charge in [0.2, 0.25) is 0 Å². The maximum atomic E-state index is 13.9. The Morgan fingerprint density at radius 3 is 2.89 bits per heavy atom. The van der Waals surface area contributed by atoms with E-state index in [0.717, 1.165) is 37.2 Å². The molecule has 0 radical (unpaired) electrons. The molecule has 1 aromatic carbocycles. The average Bonchev–Trinajstić information content (AvgIpc) is 2.93. The summed E-state index contributed by atoms with van der Waals surface area (Å²) in [4.78, 5) is 0. The van der Waals surface area contributed by atoms with E-state index in [1.54, 1.807) is 17.8 Å². The van der Waals surface area contributed by atoms with E-state index in [1.807, 2.05) is 19.1 Å². The van der Waals surface area contributed by atoms with Crippen LogP contribution < -0.4 is 5.73 Å². The van der Waals surface area contributed by atoms with Crippen LogP contribution in [-0.4, -0.2) is 24.5 Å². The SMILES string of the molecule is CCC(N)C(SCC1CCCO1)c1ccccc1F. The molecule has 0 aliphatic carbocycles. The molecule has 4 heteroatoms. The van der Waals surface area contributed by atoms with Crippen molar-refractivity contribution in [1.29, 1.82) is 0 Å². The van der Waals surface area contributed by atoms with Crippen LogP contribution >= 0.6 is 11.8 Å². The normalized spacial score (nSPS) is 22.4. The molecule has 0 amide bonds. The molecule has 1 heterocycles. The van der Waals surface area contributed by atoms with Gasteiger partial charge in [0, 0.05) is 29.2 Å². The number of rotatable bonds is 6. The summed E-state index contributed by atoms with van der Waals surface area (Å²) in [7, 11) is 0. The Kier molecular flexibility index (Phi) is 5.67. The predicted molar refractivity (Wildman–Crippen MR) is 78.8 cm³/mol. The van der Waals surface area contributed by atoms with E-state index in [-0.39, 0.29) is 17.1 Å². The van der Waals surface area contributed by atoms with Gasteiger partial charge in [-0.25, -0.2) is 4.39 Å². The fourth-order valence-corrected chi connectivity index (χ4v) is 3.85. The summed E-state index contributed by atoms with van der Waals surface area (Å²) in [6.45, 7) is 2.90. The second kappa shape index (κ2) is 7.27. The van der Waals surface area contributed by atoms with Crippen LogP contribution in [-0.2, 0) is 4.74 Å². The summed E-state index contributed by atoms with van der Waals surface area (Å²) >= 11 is 1.73. The molecule has 1 fully saturated rings. The van der Waals surface area contributed by atoms with Gasteiger partial charge in [0.05, 0.1) is 6.10 Å².